The molecule has 2 aliphatic rings. The van der Waals surface area contributed by atoms with Crippen LogP contribution in [0.1, 0.15) is 26.7 Å². The molecule has 0 saturated heterocycles. The largest absolute Gasteiger partial charge is 0.254 e. The zero-order valence-electron chi connectivity index (χ0n) is 6.98. The van der Waals surface area contributed by atoms with E-state index in [1.54, 1.807) is 0 Å². The van der Waals surface area contributed by atoms with Crippen molar-refractivity contribution < 1.29 is 8.78 Å². The highest BCUT2D eigenvalue weighted by Gasteiger charge is 2.71. The Morgan fingerprint density at radius 1 is 1.18 bits per heavy atom. The fourth-order valence-electron chi connectivity index (χ4n) is 2.40. The van der Waals surface area contributed by atoms with Crippen LogP contribution < -0.4 is 0 Å². The van der Waals surface area contributed by atoms with E-state index in [0.717, 1.165) is 12.8 Å². The minimum atomic E-state index is -2.27. The topological polar surface area (TPSA) is 0 Å². The molecule has 2 rings (SSSR count). The highest BCUT2D eigenvalue weighted by Crippen LogP contribution is 2.66. The SMILES string of the molecule is CC(C)C1CC2C(C1)C2(F)F. The van der Waals surface area contributed by atoms with E-state index in [1.165, 1.54) is 0 Å². The van der Waals surface area contributed by atoms with E-state index in [9.17, 15) is 8.78 Å². The maximum Gasteiger partial charge on any atom is 0.254 e. The standard InChI is InChI=1S/C9H14F2/c1-5(2)6-3-7-8(4-6)9(7,10)11/h5-8H,3-4H2,1-2H3. The van der Waals surface area contributed by atoms with Gasteiger partial charge in [-0.3, -0.25) is 0 Å². The minimum absolute atomic E-state index is 0.241. The Labute approximate surface area is 66.0 Å². The van der Waals surface area contributed by atoms with Gasteiger partial charge in [0.05, 0.1) is 0 Å². The first kappa shape index (κ1) is 7.51. The van der Waals surface area contributed by atoms with E-state index in [2.05, 4.69) is 13.8 Å². The average molecular weight is 160 g/mol. The molecule has 2 atom stereocenters. The van der Waals surface area contributed by atoms with E-state index in [1.807, 2.05) is 0 Å². The maximum atomic E-state index is 12.7. The molecule has 0 heterocycles. The first-order valence-corrected chi connectivity index (χ1v) is 4.41. The molecular formula is C9H14F2. The first-order chi connectivity index (χ1) is 5.03. The van der Waals surface area contributed by atoms with Crippen LogP contribution in [-0.2, 0) is 0 Å². The van der Waals surface area contributed by atoms with Crippen LogP contribution in [0.15, 0.2) is 0 Å². The van der Waals surface area contributed by atoms with Crippen molar-refractivity contribution in [2.75, 3.05) is 0 Å². The van der Waals surface area contributed by atoms with E-state index < -0.39 is 5.92 Å². The molecular weight excluding hydrogens is 146 g/mol. The van der Waals surface area contributed by atoms with Crippen LogP contribution in [0, 0.1) is 23.7 Å². The Balaban J connectivity index is 1.95. The summed E-state index contributed by atoms with van der Waals surface area (Å²) in [5.41, 5.74) is 0. The second-order valence-electron chi connectivity index (χ2n) is 4.36. The van der Waals surface area contributed by atoms with Gasteiger partial charge in [-0.25, -0.2) is 8.78 Å². The summed E-state index contributed by atoms with van der Waals surface area (Å²) in [6.45, 7) is 4.27. The van der Waals surface area contributed by atoms with Gasteiger partial charge in [-0.05, 0) is 24.7 Å². The van der Waals surface area contributed by atoms with Crippen LogP contribution in [0.2, 0.25) is 0 Å². The van der Waals surface area contributed by atoms with Gasteiger partial charge in [0.15, 0.2) is 0 Å². The first-order valence-electron chi connectivity index (χ1n) is 4.41. The molecule has 0 aliphatic heterocycles. The van der Waals surface area contributed by atoms with E-state index >= 15 is 0 Å². The van der Waals surface area contributed by atoms with Crippen LogP contribution in [0.4, 0.5) is 8.78 Å². The summed E-state index contributed by atoms with van der Waals surface area (Å²) in [5.74, 6) is -1.58. The summed E-state index contributed by atoms with van der Waals surface area (Å²) in [6.07, 6.45) is 1.55. The smallest absolute Gasteiger partial charge is 0.206 e. The zero-order valence-corrected chi connectivity index (χ0v) is 6.98. The van der Waals surface area contributed by atoms with Gasteiger partial charge in [0.2, 0.25) is 0 Å². The second kappa shape index (κ2) is 1.96. The second-order valence-corrected chi connectivity index (χ2v) is 4.36. The zero-order chi connectivity index (χ0) is 8.22. The molecule has 2 heteroatoms. The summed E-state index contributed by atoms with van der Waals surface area (Å²) in [5, 5.41) is 0. The number of hydrogen-bond donors (Lipinski definition) is 0. The lowest BCUT2D eigenvalue weighted by Crippen LogP contribution is -2.12. The molecule has 0 aromatic rings. The van der Waals surface area contributed by atoms with Crippen molar-refractivity contribution in [3.8, 4) is 0 Å². The average Bonchev–Trinajstić information content (AvgIpc) is 2.28. The van der Waals surface area contributed by atoms with Crippen molar-refractivity contribution in [2.24, 2.45) is 23.7 Å². The van der Waals surface area contributed by atoms with Gasteiger partial charge >= 0.3 is 0 Å². The van der Waals surface area contributed by atoms with Crippen LogP contribution in [0.3, 0.4) is 0 Å². The van der Waals surface area contributed by atoms with Gasteiger partial charge in [0.25, 0.3) is 5.92 Å². The molecule has 2 aliphatic carbocycles. The maximum absolute atomic E-state index is 12.7. The van der Waals surface area contributed by atoms with Crippen LogP contribution in [0.5, 0.6) is 0 Å². The minimum Gasteiger partial charge on any atom is -0.206 e. The van der Waals surface area contributed by atoms with Gasteiger partial charge in [-0.15, -0.1) is 0 Å². The third-order valence-corrected chi connectivity index (χ3v) is 3.42. The lowest BCUT2D eigenvalue weighted by atomic mass is 9.91. The van der Waals surface area contributed by atoms with Crippen LogP contribution >= 0.6 is 0 Å². The fourth-order valence-corrected chi connectivity index (χ4v) is 2.40. The summed E-state index contributed by atoms with van der Waals surface area (Å²) < 4.78 is 25.4. The Morgan fingerprint density at radius 3 is 2.00 bits per heavy atom. The number of halogens is 2. The lowest BCUT2D eigenvalue weighted by molar-refractivity contribution is 0.0591. The molecule has 2 fully saturated rings. The van der Waals surface area contributed by atoms with Gasteiger partial charge in [0, 0.05) is 11.8 Å². The molecule has 0 bridgehead atoms. The van der Waals surface area contributed by atoms with E-state index in [-0.39, 0.29) is 11.8 Å². The van der Waals surface area contributed by atoms with Gasteiger partial charge in [-0.2, -0.15) is 0 Å². The van der Waals surface area contributed by atoms with Crippen LogP contribution in [0.25, 0.3) is 0 Å². The number of alkyl halides is 2. The molecule has 0 amide bonds. The number of rotatable bonds is 1. The predicted octanol–water partition coefficient (Wildman–Crippen LogP) is 2.93. The van der Waals surface area contributed by atoms with Crippen molar-refractivity contribution in [3.63, 3.8) is 0 Å². The molecule has 0 radical (unpaired) electrons. The Morgan fingerprint density at radius 2 is 1.64 bits per heavy atom. The third-order valence-electron chi connectivity index (χ3n) is 3.42. The number of hydrogen-bond acceptors (Lipinski definition) is 0. The Bertz CT molecular complexity index is 160. The molecule has 2 saturated carbocycles. The summed E-state index contributed by atoms with van der Waals surface area (Å²) in [6, 6.07) is 0. The van der Waals surface area contributed by atoms with E-state index in [4.69, 9.17) is 0 Å². The highest BCUT2D eigenvalue weighted by atomic mass is 19.3. The summed E-state index contributed by atoms with van der Waals surface area (Å²) in [7, 11) is 0. The molecule has 64 valence electrons. The van der Waals surface area contributed by atoms with Gasteiger partial charge in [-0.1, -0.05) is 13.8 Å². The fraction of sp³-hybridized carbons (Fsp3) is 1.00. The van der Waals surface area contributed by atoms with Crippen molar-refractivity contribution in [1.29, 1.82) is 0 Å². The molecule has 2 unspecified atom stereocenters. The van der Waals surface area contributed by atoms with Crippen LogP contribution in [-0.4, -0.2) is 5.92 Å². The quantitative estimate of drug-likeness (QED) is 0.553. The number of fused-ring (bicyclic) bond motifs is 1. The highest BCUT2D eigenvalue weighted by molar-refractivity contribution is 5.11. The summed E-state index contributed by atoms with van der Waals surface area (Å²) >= 11 is 0. The van der Waals surface area contributed by atoms with Gasteiger partial charge < -0.3 is 0 Å². The predicted molar refractivity (Wildman–Crippen MR) is 39.5 cm³/mol. The Hall–Kier alpha value is -0.140. The monoisotopic (exact) mass is 160 g/mol. The van der Waals surface area contributed by atoms with Crippen molar-refractivity contribution in [3.05, 3.63) is 0 Å². The normalized spacial score (nSPS) is 46.1. The molecule has 0 N–H and O–H groups in total. The van der Waals surface area contributed by atoms with E-state index in [0.29, 0.717) is 11.8 Å². The molecule has 0 aromatic heterocycles. The Kier molecular flexibility index (Phi) is 1.34. The molecule has 0 nitrogen and oxygen atoms in total. The lowest BCUT2D eigenvalue weighted by Gasteiger charge is -2.17. The van der Waals surface area contributed by atoms with Crippen molar-refractivity contribution >= 4 is 0 Å². The molecule has 11 heavy (non-hydrogen) atoms. The van der Waals surface area contributed by atoms with Crippen molar-refractivity contribution in [2.45, 2.75) is 32.6 Å². The summed E-state index contributed by atoms with van der Waals surface area (Å²) in [4.78, 5) is 0. The molecule has 0 spiro atoms. The third kappa shape index (κ3) is 0.911. The van der Waals surface area contributed by atoms with Gasteiger partial charge in [0.1, 0.15) is 0 Å². The van der Waals surface area contributed by atoms with Crippen molar-refractivity contribution in [1.82, 2.24) is 0 Å². The molecule has 0 aromatic carbocycles.